The lowest BCUT2D eigenvalue weighted by Gasteiger charge is -2.16. The van der Waals surface area contributed by atoms with Crippen molar-refractivity contribution >= 4 is 16.8 Å². The molecule has 0 unspecified atom stereocenters. The third-order valence-corrected chi connectivity index (χ3v) is 4.70. The van der Waals surface area contributed by atoms with Crippen LogP contribution >= 0.6 is 0 Å². The highest BCUT2D eigenvalue weighted by atomic mass is 16.5. The first-order valence-corrected chi connectivity index (χ1v) is 9.28. The number of imidazole rings is 1. The van der Waals surface area contributed by atoms with Gasteiger partial charge < -0.3 is 24.7 Å². The number of aromatic nitrogens is 3. The van der Waals surface area contributed by atoms with Crippen LogP contribution in [0, 0.1) is 0 Å². The average molecular weight is 370 g/mol. The van der Waals surface area contributed by atoms with Crippen LogP contribution in [-0.4, -0.2) is 38.3 Å². The fourth-order valence-corrected chi connectivity index (χ4v) is 3.07. The largest absolute Gasteiger partial charge is 0.494 e. The minimum absolute atomic E-state index is 0.0425. The molecular formula is C20H26N4O3. The Bertz CT molecular complexity index is 900. The van der Waals surface area contributed by atoms with Crippen molar-refractivity contribution in [1.29, 1.82) is 0 Å². The lowest BCUT2D eigenvalue weighted by Crippen LogP contribution is -2.15. The Kier molecular flexibility index (Phi) is 6.13. The lowest BCUT2D eigenvalue weighted by molar-refractivity contribution is 0.0995. The van der Waals surface area contributed by atoms with Crippen molar-refractivity contribution < 1.29 is 14.6 Å². The van der Waals surface area contributed by atoms with Crippen molar-refractivity contribution in [1.82, 2.24) is 14.1 Å². The first-order valence-electron chi connectivity index (χ1n) is 9.28. The number of ether oxygens (including phenoxy) is 1. The average Bonchev–Trinajstić information content (AvgIpc) is 3.30. The maximum absolute atomic E-state index is 11.2. The lowest BCUT2D eigenvalue weighted by atomic mass is 10.2. The zero-order chi connectivity index (χ0) is 19.2. The maximum atomic E-state index is 11.2. The second-order valence-electron chi connectivity index (χ2n) is 6.63. The van der Waals surface area contributed by atoms with Gasteiger partial charge in [0.25, 0.3) is 5.91 Å². The number of nitrogens with two attached hydrogens (primary N) is 1. The first-order chi connectivity index (χ1) is 13.1. The molecule has 1 atom stereocenters. The normalized spacial score (nSPS) is 12.4. The van der Waals surface area contributed by atoms with Gasteiger partial charge in [0.15, 0.2) is 0 Å². The molecule has 0 radical (unpaired) electrons. The monoisotopic (exact) mass is 370 g/mol. The number of aryl methyl sites for hydroxylation is 1. The van der Waals surface area contributed by atoms with Gasteiger partial charge in [0, 0.05) is 25.0 Å². The highest BCUT2D eigenvalue weighted by Gasteiger charge is 2.14. The smallest absolute Gasteiger partial charge is 0.268 e. The molecule has 3 N–H and O–H groups in total. The van der Waals surface area contributed by atoms with Gasteiger partial charge in [-0.15, -0.1) is 0 Å². The first kappa shape index (κ1) is 19.0. The molecule has 1 amide bonds. The number of aliphatic hydroxyl groups is 1. The van der Waals surface area contributed by atoms with E-state index in [-0.39, 0.29) is 18.3 Å². The molecule has 3 aromatic rings. The summed E-state index contributed by atoms with van der Waals surface area (Å²) in [6.07, 6.45) is 7.99. The van der Waals surface area contributed by atoms with Crippen LogP contribution in [0.25, 0.3) is 10.9 Å². The Morgan fingerprint density at radius 3 is 2.93 bits per heavy atom. The molecule has 2 aromatic heterocycles. The Morgan fingerprint density at radius 2 is 2.22 bits per heavy atom. The van der Waals surface area contributed by atoms with E-state index >= 15 is 0 Å². The Labute approximate surface area is 158 Å². The molecule has 27 heavy (non-hydrogen) atoms. The van der Waals surface area contributed by atoms with E-state index in [1.807, 2.05) is 12.3 Å². The van der Waals surface area contributed by atoms with Crippen LogP contribution in [0.5, 0.6) is 5.75 Å². The molecule has 0 saturated carbocycles. The number of benzene rings is 1. The molecule has 7 nitrogen and oxygen atoms in total. The summed E-state index contributed by atoms with van der Waals surface area (Å²) in [6.45, 7) is 3.54. The molecule has 0 bridgehead atoms. The molecule has 7 heteroatoms. The minimum Gasteiger partial charge on any atom is -0.494 e. The number of amides is 1. The van der Waals surface area contributed by atoms with Gasteiger partial charge in [-0.1, -0.05) is 13.3 Å². The van der Waals surface area contributed by atoms with E-state index < -0.39 is 5.91 Å². The van der Waals surface area contributed by atoms with E-state index in [0.29, 0.717) is 6.42 Å². The number of carbonyl (C=O) groups excluding carboxylic acids is 1. The topological polar surface area (TPSA) is 95.3 Å². The zero-order valence-electron chi connectivity index (χ0n) is 15.5. The molecule has 1 aromatic carbocycles. The number of hydrogen-bond acceptors (Lipinski definition) is 4. The molecular weight excluding hydrogens is 344 g/mol. The van der Waals surface area contributed by atoms with E-state index in [0.717, 1.165) is 42.6 Å². The van der Waals surface area contributed by atoms with Gasteiger partial charge >= 0.3 is 0 Å². The van der Waals surface area contributed by atoms with Gasteiger partial charge in [-0.2, -0.15) is 0 Å². The van der Waals surface area contributed by atoms with Gasteiger partial charge in [0.05, 0.1) is 31.1 Å². The number of fused-ring (bicyclic) bond motifs is 1. The van der Waals surface area contributed by atoms with Gasteiger partial charge in [-0.05, 0) is 36.4 Å². The molecule has 0 aliphatic heterocycles. The quantitative estimate of drug-likeness (QED) is 0.537. The van der Waals surface area contributed by atoms with Crippen molar-refractivity contribution in [3.05, 3.63) is 48.7 Å². The Balaban J connectivity index is 1.70. The third-order valence-electron chi connectivity index (χ3n) is 4.70. The Hall–Kier alpha value is -2.80. The fourth-order valence-electron chi connectivity index (χ4n) is 3.07. The summed E-state index contributed by atoms with van der Waals surface area (Å²) in [5.41, 5.74) is 6.55. The van der Waals surface area contributed by atoms with E-state index in [2.05, 4.69) is 34.7 Å². The van der Waals surface area contributed by atoms with Gasteiger partial charge in [-0.3, -0.25) is 4.79 Å². The van der Waals surface area contributed by atoms with Crippen LogP contribution in [-0.2, 0) is 6.54 Å². The van der Waals surface area contributed by atoms with Crippen LogP contribution < -0.4 is 10.5 Å². The number of rotatable bonds is 10. The van der Waals surface area contributed by atoms with Crippen molar-refractivity contribution in [2.24, 2.45) is 5.73 Å². The highest BCUT2D eigenvalue weighted by Crippen LogP contribution is 2.24. The standard InChI is InChI=1S/C20H26N4O3/c1-2-3-10-27-17-5-4-15-6-8-23(19(15)11-17)9-7-16(13-25)24-12-18(20(21)26)22-14-24/h4-6,8,11-12,14,16,25H,2-3,7,9-10,13H2,1H3,(H2,21,26)/t16-/m1/s1. The number of aliphatic hydroxyl groups excluding tert-OH is 1. The molecule has 0 aliphatic rings. The Morgan fingerprint density at radius 1 is 1.37 bits per heavy atom. The molecule has 0 saturated heterocycles. The number of hydrogen-bond donors (Lipinski definition) is 2. The molecule has 0 aliphatic carbocycles. The number of carbonyl (C=O) groups is 1. The summed E-state index contributed by atoms with van der Waals surface area (Å²) in [5.74, 6) is 0.299. The summed E-state index contributed by atoms with van der Waals surface area (Å²) in [4.78, 5) is 15.2. The summed E-state index contributed by atoms with van der Waals surface area (Å²) >= 11 is 0. The van der Waals surface area contributed by atoms with Crippen LogP contribution in [0.1, 0.15) is 42.7 Å². The minimum atomic E-state index is -0.572. The molecule has 144 valence electrons. The van der Waals surface area contributed by atoms with E-state index in [4.69, 9.17) is 10.5 Å². The number of unbranched alkanes of at least 4 members (excludes halogenated alkanes) is 1. The van der Waals surface area contributed by atoms with E-state index in [1.54, 1.807) is 10.8 Å². The summed E-state index contributed by atoms with van der Waals surface area (Å²) in [7, 11) is 0. The van der Waals surface area contributed by atoms with Crippen LogP contribution in [0.4, 0.5) is 0 Å². The van der Waals surface area contributed by atoms with E-state index in [1.165, 1.54) is 6.33 Å². The van der Waals surface area contributed by atoms with Gasteiger partial charge in [0.2, 0.25) is 0 Å². The van der Waals surface area contributed by atoms with Crippen LogP contribution in [0.2, 0.25) is 0 Å². The molecule has 2 heterocycles. The predicted molar refractivity (Wildman–Crippen MR) is 104 cm³/mol. The van der Waals surface area contributed by atoms with Crippen molar-refractivity contribution in [2.75, 3.05) is 13.2 Å². The summed E-state index contributed by atoms with van der Waals surface area (Å²) in [6, 6.07) is 8.01. The maximum Gasteiger partial charge on any atom is 0.268 e. The SMILES string of the molecule is CCCCOc1ccc2ccn(CC[C@H](CO)n3cnc(C(N)=O)c3)c2c1. The van der Waals surface area contributed by atoms with Crippen molar-refractivity contribution in [3.63, 3.8) is 0 Å². The number of primary amides is 1. The second-order valence-corrected chi connectivity index (χ2v) is 6.63. The highest BCUT2D eigenvalue weighted by molar-refractivity contribution is 5.90. The fraction of sp³-hybridized carbons (Fsp3) is 0.400. The van der Waals surface area contributed by atoms with Crippen molar-refractivity contribution in [2.45, 2.75) is 38.8 Å². The zero-order valence-corrected chi connectivity index (χ0v) is 15.5. The van der Waals surface area contributed by atoms with Crippen LogP contribution in [0.15, 0.2) is 43.0 Å². The summed E-state index contributed by atoms with van der Waals surface area (Å²) in [5, 5.41) is 10.9. The predicted octanol–water partition coefficient (Wildman–Crippen LogP) is 2.74. The van der Waals surface area contributed by atoms with Gasteiger partial charge in [0.1, 0.15) is 11.4 Å². The molecule has 3 rings (SSSR count). The third kappa shape index (κ3) is 4.49. The summed E-state index contributed by atoms with van der Waals surface area (Å²) < 4.78 is 9.70. The van der Waals surface area contributed by atoms with E-state index in [9.17, 15) is 9.90 Å². The molecule has 0 spiro atoms. The van der Waals surface area contributed by atoms with Crippen molar-refractivity contribution in [3.8, 4) is 5.75 Å². The van der Waals surface area contributed by atoms with Gasteiger partial charge in [-0.25, -0.2) is 4.98 Å². The van der Waals surface area contributed by atoms with Crippen LogP contribution in [0.3, 0.4) is 0 Å². The number of nitrogens with zero attached hydrogens (tertiary/aromatic N) is 3. The molecule has 0 fully saturated rings. The second kappa shape index (κ2) is 8.73.